The summed E-state index contributed by atoms with van der Waals surface area (Å²) in [6, 6.07) is 18.8. The van der Waals surface area contributed by atoms with Crippen LogP contribution < -0.4 is 10.2 Å². The molecule has 36 heavy (non-hydrogen) atoms. The minimum atomic E-state index is -0.959. The SMILES string of the molecule is Cc1ccc2c(c1)[C@@]1(CN2Cc2ccc(C(=O)O)cn2)[C@H](CC(C)(C)C)NC[C@@H]1c1ccccc1Cl. The molecule has 1 spiro atoms. The van der Waals surface area contributed by atoms with Crippen LogP contribution in [0.1, 0.15) is 65.9 Å². The van der Waals surface area contributed by atoms with Gasteiger partial charge in [-0.3, -0.25) is 4.98 Å². The fourth-order valence-electron chi connectivity index (χ4n) is 6.24. The molecule has 1 saturated heterocycles. The van der Waals surface area contributed by atoms with Crippen LogP contribution >= 0.6 is 11.6 Å². The van der Waals surface area contributed by atoms with Crippen LogP contribution in [-0.2, 0) is 12.0 Å². The van der Waals surface area contributed by atoms with E-state index in [4.69, 9.17) is 11.6 Å². The Hall–Kier alpha value is -2.89. The van der Waals surface area contributed by atoms with Crippen molar-refractivity contribution in [2.24, 2.45) is 5.41 Å². The van der Waals surface area contributed by atoms with Crippen LogP contribution in [0, 0.1) is 12.3 Å². The van der Waals surface area contributed by atoms with Crippen molar-refractivity contribution in [2.75, 3.05) is 18.0 Å². The Morgan fingerprint density at radius 2 is 1.97 bits per heavy atom. The van der Waals surface area contributed by atoms with Gasteiger partial charge in [-0.1, -0.05) is 68.3 Å². The number of nitrogens with zero attached hydrogens (tertiary/aromatic N) is 2. The van der Waals surface area contributed by atoms with Gasteiger partial charge < -0.3 is 15.3 Å². The average molecular weight is 504 g/mol. The zero-order valence-corrected chi connectivity index (χ0v) is 22.1. The molecule has 2 aliphatic rings. The van der Waals surface area contributed by atoms with Gasteiger partial charge in [-0.25, -0.2) is 4.79 Å². The van der Waals surface area contributed by atoms with Gasteiger partial charge in [0.1, 0.15) is 0 Å². The van der Waals surface area contributed by atoms with Crippen molar-refractivity contribution in [2.45, 2.75) is 58.0 Å². The molecule has 0 aliphatic carbocycles. The third-order valence-electron chi connectivity index (χ3n) is 7.78. The van der Waals surface area contributed by atoms with Crippen LogP contribution in [0.3, 0.4) is 0 Å². The van der Waals surface area contributed by atoms with Gasteiger partial charge in [-0.15, -0.1) is 0 Å². The molecular weight excluding hydrogens is 470 g/mol. The number of aromatic nitrogens is 1. The van der Waals surface area contributed by atoms with E-state index in [0.29, 0.717) is 6.54 Å². The standard InChI is InChI=1S/C30H34ClN3O2/c1-19-9-12-26-23(13-19)30(18-34(26)17-21-11-10-20(15-32-21)28(35)36)24(22-7-5-6-8-25(22)31)16-33-27(30)14-29(2,3)4/h5-13,15,24,27,33H,14,16-18H2,1-4H3,(H,35,36)/t24-,27+,30-/m1/s1. The first-order valence-corrected chi connectivity index (χ1v) is 13.0. The molecule has 2 aliphatic heterocycles. The summed E-state index contributed by atoms with van der Waals surface area (Å²) in [5.41, 5.74) is 6.11. The van der Waals surface area contributed by atoms with Crippen LogP contribution in [0.4, 0.5) is 5.69 Å². The van der Waals surface area contributed by atoms with E-state index < -0.39 is 5.97 Å². The molecule has 0 bridgehead atoms. The van der Waals surface area contributed by atoms with Crippen LogP contribution in [-0.4, -0.2) is 35.2 Å². The normalized spacial score (nSPS) is 23.3. The summed E-state index contributed by atoms with van der Waals surface area (Å²) in [5, 5.41) is 14.0. The fraction of sp³-hybridized carbons (Fsp3) is 0.400. The second-order valence-electron chi connectivity index (χ2n) is 11.6. The lowest BCUT2D eigenvalue weighted by atomic mass is 9.64. The van der Waals surface area contributed by atoms with Gasteiger partial charge in [0, 0.05) is 47.4 Å². The first-order valence-electron chi connectivity index (χ1n) is 12.6. The number of aromatic carboxylic acids is 1. The van der Waals surface area contributed by atoms with E-state index in [9.17, 15) is 9.90 Å². The van der Waals surface area contributed by atoms with Crippen LogP contribution in [0.2, 0.25) is 5.02 Å². The van der Waals surface area contributed by atoms with Gasteiger partial charge >= 0.3 is 5.97 Å². The van der Waals surface area contributed by atoms with Gasteiger partial charge in [-0.2, -0.15) is 0 Å². The number of nitrogens with one attached hydrogen (secondary N) is 1. The zero-order chi connectivity index (χ0) is 25.7. The molecule has 188 valence electrons. The highest BCUT2D eigenvalue weighted by molar-refractivity contribution is 6.31. The Kier molecular flexibility index (Phi) is 6.34. The monoisotopic (exact) mass is 503 g/mol. The molecule has 0 saturated carbocycles. The predicted molar refractivity (Wildman–Crippen MR) is 145 cm³/mol. The highest BCUT2D eigenvalue weighted by Gasteiger charge is 2.57. The number of carboxylic acid groups (broad SMARTS) is 1. The van der Waals surface area contributed by atoms with Gasteiger partial charge in [0.25, 0.3) is 0 Å². The molecule has 2 aromatic carbocycles. The van der Waals surface area contributed by atoms with Crippen LogP contribution in [0.15, 0.2) is 60.8 Å². The maximum absolute atomic E-state index is 11.3. The number of hydrogen-bond donors (Lipinski definition) is 2. The van der Waals surface area contributed by atoms with Crippen molar-refractivity contribution in [3.8, 4) is 0 Å². The minimum Gasteiger partial charge on any atom is -0.478 e. The lowest BCUT2D eigenvalue weighted by Gasteiger charge is -2.40. The first-order chi connectivity index (χ1) is 17.1. The number of fused-ring (bicyclic) bond motifs is 2. The number of halogens is 1. The second kappa shape index (κ2) is 9.20. The number of benzene rings is 2. The third-order valence-corrected chi connectivity index (χ3v) is 8.12. The molecule has 3 aromatic rings. The summed E-state index contributed by atoms with van der Waals surface area (Å²) in [6.45, 7) is 11.4. The van der Waals surface area contributed by atoms with Crippen molar-refractivity contribution in [3.63, 3.8) is 0 Å². The molecule has 0 radical (unpaired) electrons. The number of carboxylic acids is 1. The smallest absolute Gasteiger partial charge is 0.337 e. The largest absolute Gasteiger partial charge is 0.478 e. The third kappa shape index (κ3) is 4.39. The lowest BCUT2D eigenvalue weighted by Crippen LogP contribution is -2.48. The highest BCUT2D eigenvalue weighted by atomic mass is 35.5. The van der Waals surface area contributed by atoms with Crippen molar-refractivity contribution < 1.29 is 9.90 Å². The van der Waals surface area contributed by atoms with Crippen molar-refractivity contribution >= 4 is 23.3 Å². The first kappa shape index (κ1) is 24.8. The summed E-state index contributed by atoms with van der Waals surface area (Å²) in [6.07, 6.45) is 2.49. The molecular formula is C30H34ClN3O2. The van der Waals surface area contributed by atoms with E-state index in [-0.39, 0.29) is 28.4 Å². The Morgan fingerprint density at radius 1 is 1.19 bits per heavy atom. The van der Waals surface area contributed by atoms with Gasteiger partial charge in [-0.05, 0) is 54.2 Å². The van der Waals surface area contributed by atoms with E-state index in [1.54, 1.807) is 6.07 Å². The molecule has 5 nitrogen and oxygen atoms in total. The summed E-state index contributed by atoms with van der Waals surface area (Å²) in [4.78, 5) is 18.2. The van der Waals surface area contributed by atoms with Crippen molar-refractivity contribution in [3.05, 3.63) is 93.8 Å². The minimum absolute atomic E-state index is 0.152. The van der Waals surface area contributed by atoms with E-state index >= 15 is 0 Å². The number of anilines is 1. The van der Waals surface area contributed by atoms with E-state index in [0.717, 1.165) is 30.2 Å². The van der Waals surface area contributed by atoms with Gasteiger partial charge in [0.05, 0.1) is 17.8 Å². The number of carbonyl (C=O) groups is 1. The number of aryl methyl sites for hydroxylation is 1. The molecule has 1 aromatic heterocycles. The van der Waals surface area contributed by atoms with Crippen LogP contribution in [0.25, 0.3) is 0 Å². The molecule has 3 heterocycles. The average Bonchev–Trinajstić information content (AvgIpc) is 3.31. The van der Waals surface area contributed by atoms with E-state index in [2.05, 4.69) is 73.2 Å². The molecule has 6 heteroatoms. The molecule has 5 rings (SSSR count). The molecule has 1 fully saturated rings. The van der Waals surface area contributed by atoms with Crippen LogP contribution in [0.5, 0.6) is 0 Å². The predicted octanol–water partition coefficient (Wildman–Crippen LogP) is 6.19. The van der Waals surface area contributed by atoms with E-state index in [1.807, 2.05) is 18.2 Å². The quantitative estimate of drug-likeness (QED) is 0.434. The lowest BCUT2D eigenvalue weighted by molar-refractivity contribution is 0.0696. The maximum Gasteiger partial charge on any atom is 0.337 e. The van der Waals surface area contributed by atoms with Gasteiger partial charge in [0.2, 0.25) is 0 Å². The fourth-order valence-corrected chi connectivity index (χ4v) is 6.51. The van der Waals surface area contributed by atoms with Crippen molar-refractivity contribution in [1.82, 2.24) is 10.3 Å². The second-order valence-corrected chi connectivity index (χ2v) is 12.0. The Balaban J connectivity index is 1.62. The number of hydrogen-bond acceptors (Lipinski definition) is 4. The number of rotatable bonds is 5. The Labute approximate surface area is 218 Å². The molecule has 3 atom stereocenters. The topological polar surface area (TPSA) is 65.5 Å². The summed E-state index contributed by atoms with van der Waals surface area (Å²) >= 11 is 6.81. The zero-order valence-electron chi connectivity index (χ0n) is 21.4. The number of pyridine rings is 1. The van der Waals surface area contributed by atoms with E-state index in [1.165, 1.54) is 28.6 Å². The molecule has 0 unspecified atom stereocenters. The highest BCUT2D eigenvalue weighted by Crippen LogP contribution is 2.56. The maximum atomic E-state index is 11.3. The summed E-state index contributed by atoms with van der Waals surface area (Å²) in [5.74, 6) is -0.730. The van der Waals surface area contributed by atoms with Gasteiger partial charge in [0.15, 0.2) is 0 Å². The Morgan fingerprint density at radius 3 is 2.64 bits per heavy atom. The molecule has 2 N–H and O–H groups in total. The molecule has 0 amide bonds. The van der Waals surface area contributed by atoms with Crippen molar-refractivity contribution in [1.29, 1.82) is 0 Å². The summed E-state index contributed by atoms with van der Waals surface area (Å²) in [7, 11) is 0. The Bertz CT molecular complexity index is 1280. The summed E-state index contributed by atoms with van der Waals surface area (Å²) < 4.78 is 0.